The molecule has 5 aromatic rings. The first-order chi connectivity index (χ1) is 16.1. The zero-order chi connectivity index (χ0) is 22.8. The van der Waals surface area contributed by atoms with Gasteiger partial charge in [0.15, 0.2) is 5.16 Å². The summed E-state index contributed by atoms with van der Waals surface area (Å²) in [6.45, 7) is 4.88. The van der Waals surface area contributed by atoms with Crippen LogP contribution >= 0.6 is 11.8 Å². The first-order valence-electron chi connectivity index (χ1n) is 10.9. The predicted octanol–water partition coefficient (Wildman–Crippen LogP) is 4.36. The second kappa shape index (κ2) is 9.19. The highest BCUT2D eigenvalue weighted by Gasteiger charge is 2.18. The maximum Gasteiger partial charge on any atom is 0.262 e. The van der Waals surface area contributed by atoms with Gasteiger partial charge in [0.05, 0.1) is 23.1 Å². The number of hydrogen-bond acceptors (Lipinski definition) is 7. The summed E-state index contributed by atoms with van der Waals surface area (Å²) in [5.41, 5.74) is 1.88. The van der Waals surface area contributed by atoms with E-state index in [-0.39, 0.29) is 5.56 Å². The zero-order valence-electron chi connectivity index (χ0n) is 18.5. The molecule has 0 saturated heterocycles. The summed E-state index contributed by atoms with van der Waals surface area (Å²) in [5, 5.41) is 18.4. The van der Waals surface area contributed by atoms with E-state index in [0.717, 1.165) is 17.5 Å². The van der Waals surface area contributed by atoms with E-state index in [0.29, 0.717) is 52.7 Å². The molecule has 2 aromatic carbocycles. The first-order valence-corrected chi connectivity index (χ1v) is 11.9. The van der Waals surface area contributed by atoms with Gasteiger partial charge in [-0.2, -0.15) is 0 Å². The summed E-state index contributed by atoms with van der Waals surface area (Å²) in [4.78, 5) is 13.1. The third-order valence-electron chi connectivity index (χ3n) is 5.44. The molecule has 9 heteroatoms. The third-order valence-corrected chi connectivity index (χ3v) is 6.35. The molecule has 0 radical (unpaired) electrons. The summed E-state index contributed by atoms with van der Waals surface area (Å²) >= 11 is 1.46. The monoisotopic (exact) mass is 460 g/mol. The molecule has 0 atom stereocenters. The van der Waals surface area contributed by atoms with Crippen molar-refractivity contribution >= 4 is 28.4 Å². The van der Waals surface area contributed by atoms with Gasteiger partial charge < -0.3 is 4.42 Å². The van der Waals surface area contributed by atoms with Gasteiger partial charge in [-0.1, -0.05) is 68.1 Å². The van der Waals surface area contributed by atoms with Crippen molar-refractivity contribution in [3.05, 3.63) is 82.3 Å². The largest absolute Gasteiger partial charge is 0.424 e. The molecule has 0 aliphatic heterocycles. The first kappa shape index (κ1) is 21.4. The molecule has 3 aromatic heterocycles. The fourth-order valence-corrected chi connectivity index (χ4v) is 4.51. The molecule has 168 valence electrons. The smallest absolute Gasteiger partial charge is 0.262 e. The van der Waals surface area contributed by atoms with Crippen LogP contribution in [0.15, 0.2) is 69.0 Å². The quantitative estimate of drug-likeness (QED) is 0.318. The maximum absolute atomic E-state index is 13.1. The number of thioether (sulfide) groups is 1. The summed E-state index contributed by atoms with van der Waals surface area (Å²) in [7, 11) is 0. The summed E-state index contributed by atoms with van der Waals surface area (Å²) < 4.78 is 9.51. The van der Waals surface area contributed by atoms with Crippen LogP contribution in [0.2, 0.25) is 0 Å². The molecule has 33 heavy (non-hydrogen) atoms. The Hall–Kier alpha value is -3.46. The minimum atomic E-state index is -0.0369. The highest BCUT2D eigenvalue weighted by Crippen LogP contribution is 2.25. The lowest BCUT2D eigenvalue weighted by Gasteiger charge is -2.12. The summed E-state index contributed by atoms with van der Waals surface area (Å²) in [6.07, 6.45) is 1.48. The van der Waals surface area contributed by atoms with E-state index in [1.54, 1.807) is 4.57 Å². The second-order valence-corrected chi connectivity index (χ2v) is 9.26. The Morgan fingerprint density at radius 2 is 1.70 bits per heavy atom. The molecular formula is C24H24N6O2S. The molecule has 8 nitrogen and oxygen atoms in total. The standard InChI is InChI=1S/C24H24N6O2S/c1-16(2)12-13-29-22(31)18-10-6-7-11-19(18)30-23(29)27-28-24(30)33-15-21-26-25-20(32-21)14-17-8-4-3-5-9-17/h3-11,16H,12-15H2,1-2H3. The molecule has 0 spiro atoms. The molecule has 3 heterocycles. The van der Waals surface area contributed by atoms with Gasteiger partial charge in [0.2, 0.25) is 17.6 Å². The van der Waals surface area contributed by atoms with Gasteiger partial charge in [-0.25, -0.2) is 0 Å². The Balaban J connectivity index is 1.44. The highest BCUT2D eigenvalue weighted by molar-refractivity contribution is 7.98. The van der Waals surface area contributed by atoms with Crippen LogP contribution < -0.4 is 5.56 Å². The molecular weight excluding hydrogens is 436 g/mol. The third kappa shape index (κ3) is 4.41. The van der Waals surface area contributed by atoms with Crippen molar-refractivity contribution in [3.8, 4) is 0 Å². The lowest BCUT2D eigenvalue weighted by atomic mass is 10.1. The van der Waals surface area contributed by atoms with Crippen molar-refractivity contribution < 1.29 is 4.42 Å². The average molecular weight is 461 g/mol. The topological polar surface area (TPSA) is 91.1 Å². The van der Waals surface area contributed by atoms with E-state index < -0.39 is 0 Å². The normalized spacial score (nSPS) is 11.7. The minimum Gasteiger partial charge on any atom is -0.424 e. The van der Waals surface area contributed by atoms with Crippen molar-refractivity contribution in [2.75, 3.05) is 0 Å². The van der Waals surface area contributed by atoms with Crippen molar-refractivity contribution in [1.82, 2.24) is 29.4 Å². The van der Waals surface area contributed by atoms with Crippen molar-refractivity contribution in [1.29, 1.82) is 0 Å². The fourth-order valence-electron chi connectivity index (χ4n) is 3.73. The lowest BCUT2D eigenvalue weighted by Crippen LogP contribution is -2.24. The second-order valence-electron chi connectivity index (χ2n) is 8.32. The Bertz CT molecular complexity index is 1450. The van der Waals surface area contributed by atoms with E-state index in [2.05, 4.69) is 34.2 Å². The number of hydrogen-bond donors (Lipinski definition) is 0. The van der Waals surface area contributed by atoms with Crippen LogP contribution in [0.5, 0.6) is 0 Å². The zero-order valence-corrected chi connectivity index (χ0v) is 19.3. The Labute approximate surface area is 194 Å². The highest BCUT2D eigenvalue weighted by atomic mass is 32.2. The number of benzene rings is 2. The fraction of sp³-hybridized carbons (Fsp3) is 0.292. The SMILES string of the molecule is CC(C)CCn1c(=O)c2ccccc2n2c(SCc3nnc(Cc4ccccc4)o3)nnc12. The number of para-hydroxylation sites is 1. The molecule has 0 N–H and O–H groups in total. The van der Waals surface area contributed by atoms with Gasteiger partial charge in [-0.15, -0.1) is 20.4 Å². The lowest BCUT2D eigenvalue weighted by molar-refractivity contribution is 0.474. The molecule has 5 rings (SSSR count). The van der Waals surface area contributed by atoms with Gasteiger partial charge >= 0.3 is 0 Å². The van der Waals surface area contributed by atoms with Crippen molar-refractivity contribution in [2.45, 2.75) is 44.1 Å². The molecule has 0 amide bonds. The number of nitrogens with zero attached hydrogens (tertiary/aromatic N) is 6. The number of fused-ring (bicyclic) bond motifs is 3. The van der Waals surface area contributed by atoms with Gasteiger partial charge in [0.1, 0.15) is 0 Å². The molecule has 0 unspecified atom stereocenters. The number of rotatable bonds is 8. The summed E-state index contributed by atoms with van der Waals surface area (Å²) in [6, 6.07) is 17.6. The van der Waals surface area contributed by atoms with Gasteiger partial charge in [-0.05, 0) is 30.0 Å². The van der Waals surface area contributed by atoms with Gasteiger partial charge in [0.25, 0.3) is 5.56 Å². The molecule has 0 fully saturated rings. The van der Waals surface area contributed by atoms with E-state index in [1.165, 1.54) is 11.8 Å². The van der Waals surface area contributed by atoms with Crippen LogP contribution in [0.3, 0.4) is 0 Å². The number of aromatic nitrogens is 6. The number of aryl methyl sites for hydroxylation is 1. The minimum absolute atomic E-state index is 0.0369. The molecule has 0 aliphatic rings. The average Bonchev–Trinajstić information content (AvgIpc) is 3.45. The molecule has 0 bridgehead atoms. The van der Waals surface area contributed by atoms with Gasteiger partial charge in [0, 0.05) is 6.54 Å². The van der Waals surface area contributed by atoms with E-state index in [1.807, 2.05) is 59.0 Å². The Morgan fingerprint density at radius 1 is 0.939 bits per heavy atom. The van der Waals surface area contributed by atoms with E-state index in [4.69, 9.17) is 4.42 Å². The Morgan fingerprint density at radius 3 is 2.52 bits per heavy atom. The molecule has 0 saturated carbocycles. The van der Waals surface area contributed by atoms with E-state index >= 15 is 0 Å². The van der Waals surface area contributed by atoms with Crippen LogP contribution in [0.4, 0.5) is 0 Å². The van der Waals surface area contributed by atoms with Crippen LogP contribution in [0.25, 0.3) is 16.7 Å². The molecule has 0 aliphatic carbocycles. The van der Waals surface area contributed by atoms with Crippen LogP contribution in [-0.4, -0.2) is 29.4 Å². The van der Waals surface area contributed by atoms with Crippen LogP contribution in [-0.2, 0) is 18.7 Å². The van der Waals surface area contributed by atoms with Crippen LogP contribution in [0, 0.1) is 5.92 Å². The van der Waals surface area contributed by atoms with E-state index in [9.17, 15) is 4.79 Å². The maximum atomic E-state index is 13.1. The predicted molar refractivity (Wildman–Crippen MR) is 127 cm³/mol. The summed E-state index contributed by atoms with van der Waals surface area (Å²) in [5.74, 6) is 2.60. The Kier molecular flexibility index (Phi) is 5.95. The van der Waals surface area contributed by atoms with Crippen molar-refractivity contribution in [2.24, 2.45) is 5.92 Å². The van der Waals surface area contributed by atoms with Gasteiger partial charge in [-0.3, -0.25) is 13.8 Å². The van der Waals surface area contributed by atoms with Crippen LogP contribution in [0.1, 0.15) is 37.6 Å². The van der Waals surface area contributed by atoms with Crippen molar-refractivity contribution in [3.63, 3.8) is 0 Å².